The van der Waals surface area contributed by atoms with E-state index in [0.717, 1.165) is 12.6 Å². The lowest BCUT2D eigenvalue weighted by molar-refractivity contribution is -0.137. The second-order valence-corrected chi connectivity index (χ2v) is 6.27. The number of carbonyl (C=O) groups is 1. The summed E-state index contributed by atoms with van der Waals surface area (Å²) in [6, 6.07) is -0.210. The molecule has 0 bridgehead atoms. The second kappa shape index (κ2) is 7.12. The van der Waals surface area contributed by atoms with E-state index in [4.69, 9.17) is 10.5 Å². The number of hydrogen-bond acceptors (Lipinski definition) is 5. The zero-order valence-electron chi connectivity index (χ0n) is 14.2. The number of nitrogens with two attached hydrogens (primary N) is 1. The monoisotopic (exact) mass is 371 g/mol. The van der Waals surface area contributed by atoms with E-state index in [2.05, 4.69) is 15.3 Å². The molecule has 1 amide bonds. The number of anilines is 2. The predicted octanol–water partition coefficient (Wildman–Crippen LogP) is 2.09. The zero-order valence-corrected chi connectivity index (χ0v) is 14.2. The Morgan fingerprint density at radius 1 is 1.54 bits per heavy atom. The molecule has 0 spiro atoms. The van der Waals surface area contributed by atoms with E-state index in [0.29, 0.717) is 19.5 Å². The molecule has 1 unspecified atom stereocenters. The average molecular weight is 371 g/mol. The minimum absolute atomic E-state index is 0.00776. The summed E-state index contributed by atoms with van der Waals surface area (Å²) in [5, 5.41) is 2.80. The normalized spacial score (nSPS) is 18.3. The molecule has 3 heterocycles. The molecule has 0 aromatic carbocycles. The van der Waals surface area contributed by atoms with E-state index in [1.165, 1.54) is 13.3 Å². The van der Waals surface area contributed by atoms with Gasteiger partial charge in [0.15, 0.2) is 0 Å². The van der Waals surface area contributed by atoms with Crippen LogP contribution in [-0.4, -0.2) is 48.7 Å². The summed E-state index contributed by atoms with van der Waals surface area (Å²) in [7, 11) is 1.36. The summed E-state index contributed by atoms with van der Waals surface area (Å²) in [6.45, 7) is 0.550. The maximum atomic E-state index is 13.6. The van der Waals surface area contributed by atoms with E-state index >= 15 is 0 Å². The number of pyridine rings is 1. The number of alkyl halides is 3. The Morgan fingerprint density at radius 2 is 2.31 bits per heavy atom. The highest BCUT2D eigenvalue weighted by Gasteiger charge is 2.38. The molecule has 1 aliphatic heterocycles. The van der Waals surface area contributed by atoms with Crippen LogP contribution in [0.3, 0.4) is 0 Å². The molecular weight excluding hydrogens is 351 g/mol. The highest BCUT2D eigenvalue weighted by Crippen LogP contribution is 2.43. The molecule has 7 nitrogen and oxygen atoms in total. The zero-order chi connectivity index (χ0) is 18.9. The Hall–Kier alpha value is -2.33. The van der Waals surface area contributed by atoms with Gasteiger partial charge in [0.05, 0.1) is 22.3 Å². The lowest BCUT2D eigenvalue weighted by Gasteiger charge is -2.34. The number of ether oxygens (including phenoxy) is 1. The Bertz CT molecular complexity index is 805. The van der Waals surface area contributed by atoms with Crippen LogP contribution in [0.25, 0.3) is 11.0 Å². The average Bonchev–Trinajstić information content (AvgIpc) is 2.96. The van der Waals surface area contributed by atoms with Crippen molar-refractivity contribution in [2.24, 2.45) is 5.73 Å². The smallest absolute Gasteiger partial charge is 0.375 e. The maximum absolute atomic E-state index is 13.6. The van der Waals surface area contributed by atoms with Crippen LogP contribution in [0.15, 0.2) is 12.4 Å². The van der Waals surface area contributed by atoms with Gasteiger partial charge in [0, 0.05) is 38.6 Å². The molecule has 4 N–H and O–H groups in total. The number of aromatic amines is 1. The molecule has 3 rings (SSSR count). The number of H-pyrrole nitrogens is 1. The third-order valence-corrected chi connectivity index (χ3v) is 4.30. The standard InChI is InChI=1S/C16H20F3N5O2/c1-26-8-12(25)23-11-6-22-15-13(11)14(10(5-21-15)16(17,18)19)24-4-2-3-9(20)7-24/h5-6,9H,2-4,7-8,20H2,1H3,(H,21,22)(H,23,25). The number of aromatic nitrogens is 2. The van der Waals surface area contributed by atoms with Crippen LogP contribution in [-0.2, 0) is 15.7 Å². The number of nitrogens with one attached hydrogen (secondary N) is 2. The summed E-state index contributed by atoms with van der Waals surface area (Å²) < 4.78 is 45.7. The summed E-state index contributed by atoms with van der Waals surface area (Å²) in [5.41, 5.74) is 5.61. The van der Waals surface area contributed by atoms with Gasteiger partial charge in [-0.1, -0.05) is 0 Å². The largest absolute Gasteiger partial charge is 0.419 e. The number of rotatable bonds is 4. The Kier molecular flexibility index (Phi) is 5.05. The van der Waals surface area contributed by atoms with Crippen molar-refractivity contribution in [3.8, 4) is 0 Å². The Labute approximate surface area is 147 Å². The highest BCUT2D eigenvalue weighted by atomic mass is 19.4. The number of halogens is 3. The van der Waals surface area contributed by atoms with Gasteiger partial charge in [0.2, 0.25) is 5.91 Å². The first-order chi connectivity index (χ1) is 12.3. The van der Waals surface area contributed by atoms with Gasteiger partial charge in [-0.25, -0.2) is 4.98 Å². The quantitative estimate of drug-likeness (QED) is 0.765. The van der Waals surface area contributed by atoms with Crippen molar-refractivity contribution in [1.29, 1.82) is 0 Å². The maximum Gasteiger partial charge on any atom is 0.419 e. The lowest BCUT2D eigenvalue weighted by Crippen LogP contribution is -2.43. The minimum Gasteiger partial charge on any atom is -0.375 e. The first-order valence-corrected chi connectivity index (χ1v) is 8.18. The highest BCUT2D eigenvalue weighted by molar-refractivity contribution is 6.07. The molecule has 10 heteroatoms. The summed E-state index contributed by atoms with van der Waals surface area (Å²) in [4.78, 5) is 20.2. The number of fused-ring (bicyclic) bond motifs is 1. The van der Waals surface area contributed by atoms with Crippen molar-refractivity contribution in [2.45, 2.75) is 25.1 Å². The van der Waals surface area contributed by atoms with E-state index in [9.17, 15) is 18.0 Å². The second-order valence-electron chi connectivity index (χ2n) is 6.27. The van der Waals surface area contributed by atoms with Crippen molar-refractivity contribution in [2.75, 3.05) is 37.0 Å². The molecule has 1 atom stereocenters. The molecule has 2 aromatic heterocycles. The fraction of sp³-hybridized carbons (Fsp3) is 0.500. The number of nitrogens with zero attached hydrogens (tertiary/aromatic N) is 2. The van der Waals surface area contributed by atoms with Crippen LogP contribution < -0.4 is 16.0 Å². The molecule has 0 saturated carbocycles. The van der Waals surface area contributed by atoms with Crippen molar-refractivity contribution in [3.63, 3.8) is 0 Å². The first kappa shape index (κ1) is 18.5. The van der Waals surface area contributed by atoms with Crippen LogP contribution in [0.2, 0.25) is 0 Å². The summed E-state index contributed by atoms with van der Waals surface area (Å²) in [5.74, 6) is -0.466. The van der Waals surface area contributed by atoms with Crippen LogP contribution in [0.4, 0.5) is 24.5 Å². The van der Waals surface area contributed by atoms with Crippen LogP contribution in [0.1, 0.15) is 18.4 Å². The number of piperidine rings is 1. The topological polar surface area (TPSA) is 96.3 Å². The Balaban J connectivity index is 2.15. The van der Waals surface area contributed by atoms with Crippen molar-refractivity contribution in [3.05, 3.63) is 18.0 Å². The molecule has 0 aliphatic carbocycles. The molecule has 0 radical (unpaired) electrons. The molecule has 2 aromatic rings. The third kappa shape index (κ3) is 3.61. The number of hydrogen-bond donors (Lipinski definition) is 3. The fourth-order valence-corrected chi connectivity index (χ4v) is 3.24. The molecule has 142 valence electrons. The van der Waals surface area contributed by atoms with Gasteiger partial charge in [-0.2, -0.15) is 13.2 Å². The molecule has 1 aliphatic rings. The summed E-state index contributed by atoms with van der Waals surface area (Å²) in [6.07, 6.45) is -0.883. The third-order valence-electron chi connectivity index (χ3n) is 4.30. The number of amides is 1. The van der Waals surface area contributed by atoms with E-state index < -0.39 is 17.6 Å². The number of methoxy groups -OCH3 is 1. The van der Waals surface area contributed by atoms with Crippen molar-refractivity contribution >= 4 is 28.3 Å². The SMILES string of the molecule is COCC(=O)Nc1c[nH]c2ncc(C(F)(F)F)c(N3CCCC(N)C3)c12. The number of carbonyl (C=O) groups excluding carboxylic acids is 1. The minimum atomic E-state index is -4.58. The lowest BCUT2D eigenvalue weighted by atomic mass is 10.0. The van der Waals surface area contributed by atoms with Crippen LogP contribution >= 0.6 is 0 Å². The Morgan fingerprint density at radius 3 is 2.96 bits per heavy atom. The van der Waals surface area contributed by atoms with Gasteiger partial charge in [-0.15, -0.1) is 0 Å². The van der Waals surface area contributed by atoms with E-state index in [1.54, 1.807) is 4.90 Å². The van der Waals surface area contributed by atoms with Gasteiger partial charge >= 0.3 is 6.18 Å². The summed E-state index contributed by atoms with van der Waals surface area (Å²) >= 11 is 0. The van der Waals surface area contributed by atoms with Gasteiger partial charge < -0.3 is 25.7 Å². The first-order valence-electron chi connectivity index (χ1n) is 8.18. The van der Waals surface area contributed by atoms with Crippen molar-refractivity contribution < 1.29 is 22.7 Å². The van der Waals surface area contributed by atoms with Gasteiger partial charge in [0.25, 0.3) is 0 Å². The van der Waals surface area contributed by atoms with E-state index in [-0.39, 0.29) is 35.1 Å². The van der Waals surface area contributed by atoms with Crippen molar-refractivity contribution in [1.82, 2.24) is 9.97 Å². The van der Waals surface area contributed by atoms with E-state index in [1.807, 2.05) is 0 Å². The van der Waals surface area contributed by atoms with Gasteiger partial charge in [-0.05, 0) is 12.8 Å². The van der Waals surface area contributed by atoms with Gasteiger partial charge in [-0.3, -0.25) is 4.79 Å². The molecule has 26 heavy (non-hydrogen) atoms. The molecular formula is C16H20F3N5O2. The van der Waals surface area contributed by atoms with Crippen LogP contribution in [0.5, 0.6) is 0 Å². The fourth-order valence-electron chi connectivity index (χ4n) is 3.24. The molecule has 1 fully saturated rings. The van der Waals surface area contributed by atoms with Crippen LogP contribution in [0, 0.1) is 0 Å². The predicted molar refractivity (Wildman–Crippen MR) is 91.0 cm³/mol. The van der Waals surface area contributed by atoms with Gasteiger partial charge in [0.1, 0.15) is 12.3 Å². The molecule has 1 saturated heterocycles.